The number of carbonyl (C=O) groups excluding carboxylic acids is 2. The molecule has 7 rings (SSSR count). The molecule has 2 amide bonds. The van der Waals surface area contributed by atoms with Crippen molar-refractivity contribution in [2.45, 2.75) is 18.4 Å². The number of thiophene rings is 1. The van der Waals surface area contributed by atoms with E-state index in [1.54, 1.807) is 22.3 Å². The van der Waals surface area contributed by atoms with E-state index < -0.39 is 5.41 Å². The van der Waals surface area contributed by atoms with Gasteiger partial charge < -0.3 is 24.4 Å². The molecule has 4 aromatic rings. The van der Waals surface area contributed by atoms with Crippen LogP contribution in [0.25, 0.3) is 0 Å². The SMILES string of the molecule is O=C(NCCc1cccs1)c1cccc(CN2C(=O)C3(COc4cc5c(cc43)OCO5)c3ccccc32)c1. The fraction of sp³-hybridized carbons (Fsp3) is 0.200. The molecule has 4 heterocycles. The molecule has 1 spiro atoms. The number of nitrogens with one attached hydrogen (secondary N) is 1. The van der Waals surface area contributed by atoms with E-state index in [4.69, 9.17) is 14.2 Å². The van der Waals surface area contributed by atoms with Gasteiger partial charge in [0.2, 0.25) is 12.7 Å². The van der Waals surface area contributed by atoms with E-state index in [1.165, 1.54) is 4.88 Å². The Morgan fingerprint density at radius 3 is 2.66 bits per heavy atom. The number of hydrogen-bond donors (Lipinski definition) is 1. The molecule has 0 aliphatic carbocycles. The van der Waals surface area contributed by atoms with Crippen LogP contribution in [0.4, 0.5) is 5.69 Å². The summed E-state index contributed by atoms with van der Waals surface area (Å²) >= 11 is 1.68. The van der Waals surface area contributed by atoms with Crippen LogP contribution in [0, 0.1) is 0 Å². The van der Waals surface area contributed by atoms with E-state index in [9.17, 15) is 9.59 Å². The molecule has 1 aromatic heterocycles. The van der Waals surface area contributed by atoms with Crippen LogP contribution in [0.15, 0.2) is 78.2 Å². The van der Waals surface area contributed by atoms with Crippen molar-refractivity contribution in [2.75, 3.05) is 24.8 Å². The quantitative estimate of drug-likeness (QED) is 0.397. The number of amides is 2. The van der Waals surface area contributed by atoms with Gasteiger partial charge in [-0.15, -0.1) is 11.3 Å². The summed E-state index contributed by atoms with van der Waals surface area (Å²) in [6.45, 7) is 1.28. The van der Waals surface area contributed by atoms with Crippen molar-refractivity contribution in [2.24, 2.45) is 0 Å². The van der Waals surface area contributed by atoms with E-state index in [-0.39, 0.29) is 25.2 Å². The second-order valence-corrected chi connectivity index (χ2v) is 10.6. The Balaban J connectivity index is 1.16. The normalized spacial score (nSPS) is 18.4. The van der Waals surface area contributed by atoms with Crippen molar-refractivity contribution >= 4 is 28.8 Å². The highest BCUT2D eigenvalue weighted by molar-refractivity contribution is 7.09. The Morgan fingerprint density at radius 2 is 1.79 bits per heavy atom. The Kier molecular flexibility index (Phi) is 5.37. The van der Waals surface area contributed by atoms with E-state index >= 15 is 0 Å². The van der Waals surface area contributed by atoms with Crippen LogP contribution in [0.1, 0.15) is 31.9 Å². The average Bonchev–Trinajstić information content (AvgIpc) is 3.73. The lowest BCUT2D eigenvalue weighted by Crippen LogP contribution is -2.42. The first-order valence-electron chi connectivity index (χ1n) is 12.5. The first kappa shape index (κ1) is 22.9. The standard InChI is InChI=1S/C30H24N2O5S/c33-28(31-11-10-21-7-4-12-38-21)20-6-3-5-19(13-20)16-32-24-9-2-1-8-22(24)30(29(32)34)17-35-25-15-27-26(14-23(25)30)36-18-37-27/h1-9,12-15H,10-11,16-18H2,(H,31,33). The highest BCUT2D eigenvalue weighted by Gasteiger charge is 2.57. The maximum Gasteiger partial charge on any atom is 0.251 e. The summed E-state index contributed by atoms with van der Waals surface area (Å²) in [6, 6.07) is 23.1. The molecule has 0 bridgehead atoms. The summed E-state index contributed by atoms with van der Waals surface area (Å²) < 4.78 is 17.2. The van der Waals surface area contributed by atoms with Crippen molar-refractivity contribution in [3.05, 3.63) is 105 Å². The summed E-state index contributed by atoms with van der Waals surface area (Å²) in [7, 11) is 0. The summed E-state index contributed by atoms with van der Waals surface area (Å²) in [5.41, 5.74) is 3.04. The van der Waals surface area contributed by atoms with Crippen molar-refractivity contribution < 1.29 is 23.8 Å². The first-order chi connectivity index (χ1) is 18.6. The zero-order valence-corrected chi connectivity index (χ0v) is 21.3. The van der Waals surface area contributed by atoms with Crippen LogP contribution in [0.5, 0.6) is 17.2 Å². The van der Waals surface area contributed by atoms with Crippen LogP contribution in [0.2, 0.25) is 0 Å². The molecular formula is C30H24N2O5S. The molecule has 190 valence electrons. The van der Waals surface area contributed by atoms with E-state index in [0.717, 1.165) is 28.8 Å². The largest absolute Gasteiger partial charge is 0.491 e. The minimum atomic E-state index is -0.955. The molecule has 1 unspecified atom stereocenters. The highest BCUT2D eigenvalue weighted by Crippen LogP contribution is 2.55. The number of benzene rings is 3. The lowest BCUT2D eigenvalue weighted by atomic mass is 9.77. The van der Waals surface area contributed by atoms with Gasteiger partial charge in [0.1, 0.15) is 17.8 Å². The molecule has 3 aromatic carbocycles. The van der Waals surface area contributed by atoms with Crippen LogP contribution in [-0.4, -0.2) is 31.8 Å². The van der Waals surface area contributed by atoms with Gasteiger partial charge in [-0.3, -0.25) is 9.59 Å². The molecule has 0 saturated carbocycles. The summed E-state index contributed by atoms with van der Waals surface area (Å²) in [5, 5.41) is 5.04. The topological polar surface area (TPSA) is 77.1 Å². The van der Waals surface area contributed by atoms with Crippen LogP contribution >= 0.6 is 11.3 Å². The molecule has 38 heavy (non-hydrogen) atoms. The molecule has 3 aliphatic rings. The van der Waals surface area contributed by atoms with Gasteiger partial charge in [-0.1, -0.05) is 36.4 Å². The summed E-state index contributed by atoms with van der Waals surface area (Å²) in [6.07, 6.45) is 0.800. The second-order valence-electron chi connectivity index (χ2n) is 9.59. The van der Waals surface area contributed by atoms with Crippen molar-refractivity contribution in [1.29, 1.82) is 0 Å². The molecule has 7 nitrogen and oxygen atoms in total. The maximum absolute atomic E-state index is 14.2. The fourth-order valence-electron chi connectivity index (χ4n) is 5.57. The molecule has 0 radical (unpaired) electrons. The molecular weight excluding hydrogens is 500 g/mol. The number of anilines is 1. The third kappa shape index (κ3) is 3.55. The maximum atomic E-state index is 14.2. The number of ether oxygens (including phenoxy) is 3. The smallest absolute Gasteiger partial charge is 0.251 e. The van der Waals surface area contributed by atoms with Gasteiger partial charge in [0.05, 0.1) is 6.54 Å². The second kappa shape index (κ2) is 8.92. The molecule has 1 N–H and O–H groups in total. The van der Waals surface area contributed by atoms with E-state index in [1.807, 2.05) is 66.0 Å². The van der Waals surface area contributed by atoms with Crippen molar-refractivity contribution in [1.82, 2.24) is 5.32 Å². The third-order valence-corrected chi connectivity index (χ3v) is 8.35. The third-order valence-electron chi connectivity index (χ3n) is 7.41. The van der Waals surface area contributed by atoms with Gasteiger partial charge >= 0.3 is 0 Å². The number of hydrogen-bond acceptors (Lipinski definition) is 6. The number of nitrogens with zero attached hydrogens (tertiary/aromatic N) is 1. The lowest BCUT2D eigenvalue weighted by Gasteiger charge is -2.23. The molecule has 8 heteroatoms. The Labute approximate surface area is 223 Å². The van der Waals surface area contributed by atoms with Gasteiger partial charge in [-0.2, -0.15) is 0 Å². The highest BCUT2D eigenvalue weighted by atomic mass is 32.1. The van der Waals surface area contributed by atoms with Crippen molar-refractivity contribution in [3.63, 3.8) is 0 Å². The number of rotatable bonds is 6. The fourth-order valence-corrected chi connectivity index (χ4v) is 6.28. The number of para-hydroxylation sites is 1. The number of fused-ring (bicyclic) bond motifs is 5. The van der Waals surface area contributed by atoms with E-state index in [2.05, 4.69) is 11.4 Å². The van der Waals surface area contributed by atoms with Crippen LogP contribution < -0.4 is 24.4 Å². The Bertz CT molecular complexity index is 1570. The van der Waals surface area contributed by atoms with Gasteiger partial charge in [0.15, 0.2) is 11.5 Å². The monoisotopic (exact) mass is 524 g/mol. The summed E-state index contributed by atoms with van der Waals surface area (Å²) in [5.74, 6) is 1.71. The zero-order valence-electron chi connectivity index (χ0n) is 20.4. The van der Waals surface area contributed by atoms with Gasteiger partial charge in [-0.05, 0) is 53.3 Å². The molecule has 3 aliphatic heterocycles. The van der Waals surface area contributed by atoms with Gasteiger partial charge in [-0.25, -0.2) is 0 Å². The zero-order chi connectivity index (χ0) is 25.7. The minimum Gasteiger partial charge on any atom is -0.491 e. The van der Waals surface area contributed by atoms with Crippen LogP contribution in [0.3, 0.4) is 0 Å². The van der Waals surface area contributed by atoms with E-state index in [0.29, 0.717) is 35.9 Å². The van der Waals surface area contributed by atoms with Gasteiger partial charge in [0, 0.05) is 34.3 Å². The predicted molar refractivity (Wildman–Crippen MR) is 143 cm³/mol. The number of carbonyl (C=O) groups is 2. The van der Waals surface area contributed by atoms with Crippen LogP contribution in [-0.2, 0) is 23.2 Å². The Morgan fingerprint density at radius 1 is 0.921 bits per heavy atom. The summed E-state index contributed by atoms with van der Waals surface area (Å²) in [4.78, 5) is 30.1. The Hall–Kier alpha value is -4.30. The minimum absolute atomic E-state index is 0.0536. The van der Waals surface area contributed by atoms with Crippen molar-refractivity contribution in [3.8, 4) is 17.2 Å². The molecule has 1 atom stereocenters. The molecule has 0 saturated heterocycles. The lowest BCUT2D eigenvalue weighted by molar-refractivity contribution is -0.122. The predicted octanol–water partition coefficient (Wildman–Crippen LogP) is 4.67. The van der Waals surface area contributed by atoms with Gasteiger partial charge in [0.25, 0.3) is 5.91 Å². The molecule has 0 fully saturated rings. The average molecular weight is 525 g/mol. The first-order valence-corrected chi connectivity index (χ1v) is 13.4.